The molecule has 16 heavy (non-hydrogen) atoms. The van der Waals surface area contributed by atoms with Crippen LogP contribution >= 0.6 is 12.6 Å². The fourth-order valence-corrected chi connectivity index (χ4v) is 1.03. The third-order valence-corrected chi connectivity index (χ3v) is 1.66. The molecule has 86 valence electrons. The van der Waals surface area contributed by atoms with E-state index in [1.54, 1.807) is 0 Å². The van der Waals surface area contributed by atoms with Gasteiger partial charge in [-0.1, -0.05) is 11.8 Å². The van der Waals surface area contributed by atoms with Gasteiger partial charge in [0.2, 0.25) is 0 Å². The van der Waals surface area contributed by atoms with Crippen molar-refractivity contribution in [2.75, 3.05) is 5.75 Å². The minimum absolute atomic E-state index is 0.226. The van der Waals surface area contributed by atoms with E-state index >= 15 is 0 Å². The van der Waals surface area contributed by atoms with Crippen molar-refractivity contribution in [3.63, 3.8) is 0 Å². The van der Waals surface area contributed by atoms with Gasteiger partial charge in [0.15, 0.2) is 0 Å². The molecule has 0 radical (unpaired) electrons. The van der Waals surface area contributed by atoms with Crippen molar-refractivity contribution in [1.82, 2.24) is 0 Å². The molecule has 0 aliphatic rings. The van der Waals surface area contributed by atoms with Gasteiger partial charge in [0, 0.05) is 6.07 Å². The summed E-state index contributed by atoms with van der Waals surface area (Å²) in [5, 5.41) is 9.34. The molecule has 0 aliphatic carbocycles. The number of aromatic hydroxyl groups is 1. The van der Waals surface area contributed by atoms with E-state index in [1.807, 2.05) is 0 Å². The van der Waals surface area contributed by atoms with Gasteiger partial charge in [0.05, 0.1) is 11.3 Å². The molecule has 1 aromatic carbocycles. The fourth-order valence-electron chi connectivity index (χ4n) is 0.949. The van der Waals surface area contributed by atoms with E-state index in [0.29, 0.717) is 5.75 Å². The summed E-state index contributed by atoms with van der Waals surface area (Å²) >= 11 is 3.83. The van der Waals surface area contributed by atoms with E-state index in [1.165, 1.54) is 6.07 Å². The molecule has 0 saturated carbocycles. The van der Waals surface area contributed by atoms with Crippen LogP contribution in [-0.4, -0.2) is 17.2 Å². The lowest BCUT2D eigenvalue weighted by Gasteiger charge is -2.09. The predicted octanol–water partition coefficient (Wildman–Crippen LogP) is 2.57. The average molecular weight is 248 g/mol. The van der Waals surface area contributed by atoms with Gasteiger partial charge in [-0.05, 0) is 12.1 Å². The molecule has 0 fully saturated rings. The third-order valence-electron chi connectivity index (χ3n) is 1.50. The largest absolute Gasteiger partial charge is 0.573 e. The molecule has 0 bridgehead atoms. The van der Waals surface area contributed by atoms with E-state index in [2.05, 4.69) is 29.2 Å². The highest BCUT2D eigenvalue weighted by molar-refractivity contribution is 7.80. The van der Waals surface area contributed by atoms with Gasteiger partial charge in [-0.25, -0.2) is 0 Å². The first-order valence-electron chi connectivity index (χ1n) is 4.11. The van der Waals surface area contributed by atoms with Gasteiger partial charge in [-0.2, -0.15) is 12.6 Å². The maximum absolute atomic E-state index is 11.8. The highest BCUT2D eigenvalue weighted by atomic mass is 32.1. The van der Waals surface area contributed by atoms with E-state index in [-0.39, 0.29) is 11.3 Å². The van der Waals surface area contributed by atoms with Crippen molar-refractivity contribution in [2.24, 2.45) is 0 Å². The molecule has 1 N–H and O–H groups in total. The topological polar surface area (TPSA) is 29.5 Å². The Labute approximate surface area is 95.4 Å². The van der Waals surface area contributed by atoms with Crippen LogP contribution in [0.1, 0.15) is 5.56 Å². The second-order valence-electron chi connectivity index (χ2n) is 2.69. The van der Waals surface area contributed by atoms with E-state index in [0.717, 1.165) is 12.1 Å². The summed E-state index contributed by atoms with van der Waals surface area (Å²) in [6, 6.07) is 3.18. The van der Waals surface area contributed by atoms with Crippen LogP contribution in [0, 0.1) is 11.8 Å². The molecule has 0 aliphatic heterocycles. The van der Waals surface area contributed by atoms with Crippen LogP contribution in [0.15, 0.2) is 18.2 Å². The number of hydrogen-bond donors (Lipinski definition) is 2. The monoisotopic (exact) mass is 248 g/mol. The zero-order valence-corrected chi connectivity index (χ0v) is 8.77. The zero-order valence-electron chi connectivity index (χ0n) is 7.88. The van der Waals surface area contributed by atoms with Crippen LogP contribution in [0.4, 0.5) is 13.2 Å². The van der Waals surface area contributed by atoms with Gasteiger partial charge >= 0.3 is 6.36 Å². The Kier molecular flexibility index (Phi) is 3.96. The number of alkyl halides is 3. The number of benzene rings is 1. The van der Waals surface area contributed by atoms with Crippen molar-refractivity contribution in [3.05, 3.63) is 23.8 Å². The molecular weight excluding hydrogens is 241 g/mol. The number of phenolic OH excluding ortho intramolecular Hbond substituents is 1. The summed E-state index contributed by atoms with van der Waals surface area (Å²) in [7, 11) is 0. The average Bonchev–Trinajstić information content (AvgIpc) is 2.14. The summed E-state index contributed by atoms with van der Waals surface area (Å²) in [5.41, 5.74) is 0.226. The van der Waals surface area contributed by atoms with Gasteiger partial charge < -0.3 is 9.84 Å². The number of ether oxygens (including phenoxy) is 1. The standard InChI is InChI=1S/C10H7F3O2S/c11-10(12,13)15-8-4-3-7(2-1-5-16)9(14)6-8/h3-4,6,14,16H,5H2. The lowest BCUT2D eigenvalue weighted by Crippen LogP contribution is -2.17. The normalized spacial score (nSPS) is 10.5. The van der Waals surface area contributed by atoms with Gasteiger partial charge in [0.25, 0.3) is 0 Å². The minimum Gasteiger partial charge on any atom is -0.507 e. The highest BCUT2D eigenvalue weighted by Crippen LogP contribution is 2.27. The molecule has 0 spiro atoms. The van der Waals surface area contributed by atoms with E-state index in [9.17, 15) is 18.3 Å². The Morgan fingerprint density at radius 1 is 1.38 bits per heavy atom. The third kappa shape index (κ3) is 3.95. The smallest absolute Gasteiger partial charge is 0.507 e. The van der Waals surface area contributed by atoms with Gasteiger partial charge in [-0.3, -0.25) is 0 Å². The van der Waals surface area contributed by atoms with E-state index < -0.39 is 12.1 Å². The predicted molar refractivity (Wildman–Crippen MR) is 55.5 cm³/mol. The lowest BCUT2D eigenvalue weighted by atomic mass is 10.2. The van der Waals surface area contributed by atoms with Crippen molar-refractivity contribution >= 4 is 12.6 Å². The van der Waals surface area contributed by atoms with Crippen LogP contribution in [0.2, 0.25) is 0 Å². The summed E-state index contributed by atoms with van der Waals surface area (Å²) in [4.78, 5) is 0. The molecule has 1 rings (SSSR count). The van der Waals surface area contributed by atoms with Crippen LogP contribution in [0.25, 0.3) is 0 Å². The SMILES string of the molecule is Oc1cc(OC(F)(F)F)ccc1C#CCS. The first kappa shape index (κ1) is 12.6. The second-order valence-corrected chi connectivity index (χ2v) is 3.00. The Balaban J connectivity index is 2.91. The Hall–Kier alpha value is -1.48. The first-order chi connectivity index (χ1) is 7.42. The molecule has 6 heteroatoms. The number of phenols is 1. The molecule has 0 heterocycles. The van der Waals surface area contributed by atoms with Crippen LogP contribution in [-0.2, 0) is 0 Å². The summed E-state index contributed by atoms with van der Waals surface area (Å²) in [6.45, 7) is 0. The summed E-state index contributed by atoms with van der Waals surface area (Å²) < 4.78 is 39.1. The zero-order chi connectivity index (χ0) is 12.2. The lowest BCUT2D eigenvalue weighted by molar-refractivity contribution is -0.274. The Bertz CT molecular complexity index is 432. The number of rotatable bonds is 1. The van der Waals surface area contributed by atoms with Gasteiger partial charge in [0.1, 0.15) is 11.5 Å². The summed E-state index contributed by atoms with van der Waals surface area (Å²) in [6.07, 6.45) is -4.77. The molecule has 0 atom stereocenters. The second kappa shape index (κ2) is 5.03. The maximum atomic E-state index is 11.8. The summed E-state index contributed by atoms with van der Waals surface area (Å²) in [5.74, 6) is 4.55. The Morgan fingerprint density at radius 3 is 2.56 bits per heavy atom. The van der Waals surface area contributed by atoms with Crippen molar-refractivity contribution in [1.29, 1.82) is 0 Å². The fraction of sp³-hybridized carbons (Fsp3) is 0.200. The quantitative estimate of drug-likeness (QED) is 0.591. The van der Waals surface area contributed by atoms with Crippen LogP contribution in [0.3, 0.4) is 0 Å². The maximum Gasteiger partial charge on any atom is 0.573 e. The minimum atomic E-state index is -4.77. The molecule has 1 aromatic rings. The number of halogens is 3. The molecular formula is C10H7F3O2S. The molecule has 2 nitrogen and oxygen atoms in total. The molecule has 0 amide bonds. The molecule has 0 aromatic heterocycles. The molecule has 0 saturated heterocycles. The van der Waals surface area contributed by atoms with Crippen LogP contribution in [0.5, 0.6) is 11.5 Å². The molecule has 0 unspecified atom stereocenters. The number of hydrogen-bond acceptors (Lipinski definition) is 3. The van der Waals surface area contributed by atoms with Crippen molar-refractivity contribution in [2.45, 2.75) is 6.36 Å². The Morgan fingerprint density at radius 2 is 2.06 bits per heavy atom. The van der Waals surface area contributed by atoms with Gasteiger partial charge in [-0.15, -0.1) is 13.2 Å². The van der Waals surface area contributed by atoms with Crippen molar-refractivity contribution < 1.29 is 23.0 Å². The number of thiol groups is 1. The van der Waals surface area contributed by atoms with E-state index in [4.69, 9.17) is 0 Å². The van der Waals surface area contributed by atoms with Crippen molar-refractivity contribution in [3.8, 4) is 23.3 Å². The highest BCUT2D eigenvalue weighted by Gasteiger charge is 2.31. The first-order valence-corrected chi connectivity index (χ1v) is 4.74. The van der Waals surface area contributed by atoms with Crippen LogP contribution < -0.4 is 4.74 Å².